The largest absolute Gasteiger partial charge is 0.493 e. The fourth-order valence-electron chi connectivity index (χ4n) is 2.52. The van der Waals surface area contributed by atoms with Gasteiger partial charge in [0.15, 0.2) is 23.9 Å². The van der Waals surface area contributed by atoms with Crippen LogP contribution in [0.3, 0.4) is 0 Å². The molecule has 0 bridgehead atoms. The van der Waals surface area contributed by atoms with Crippen molar-refractivity contribution in [1.82, 2.24) is 0 Å². The van der Waals surface area contributed by atoms with Crippen LogP contribution in [0.2, 0.25) is 0 Å². The van der Waals surface area contributed by atoms with Gasteiger partial charge in [0.1, 0.15) is 19.0 Å². The number of benzene rings is 2. The monoisotopic (exact) mass is 370 g/mol. The molecule has 0 saturated heterocycles. The van der Waals surface area contributed by atoms with Crippen LogP contribution in [0.1, 0.15) is 15.9 Å². The van der Waals surface area contributed by atoms with Crippen LogP contribution in [0.25, 0.3) is 6.08 Å². The van der Waals surface area contributed by atoms with E-state index in [1.807, 2.05) is 0 Å². The summed E-state index contributed by atoms with van der Waals surface area (Å²) in [6.07, 6.45) is 3.11. The molecule has 0 saturated carbocycles. The van der Waals surface area contributed by atoms with E-state index in [1.54, 1.807) is 49.6 Å². The van der Waals surface area contributed by atoms with Crippen LogP contribution < -0.4 is 18.9 Å². The molecule has 2 aromatic carbocycles. The van der Waals surface area contributed by atoms with Crippen LogP contribution in [0.15, 0.2) is 42.5 Å². The molecule has 0 spiro atoms. The van der Waals surface area contributed by atoms with Gasteiger partial charge in [0.05, 0.1) is 7.11 Å². The maximum Gasteiger partial charge on any atom is 0.341 e. The summed E-state index contributed by atoms with van der Waals surface area (Å²) in [6, 6.07) is 9.81. The molecule has 1 N–H and O–H groups in total. The predicted molar refractivity (Wildman–Crippen MR) is 96.9 cm³/mol. The lowest BCUT2D eigenvalue weighted by atomic mass is 10.1. The summed E-state index contributed by atoms with van der Waals surface area (Å²) < 4.78 is 21.5. The van der Waals surface area contributed by atoms with E-state index in [-0.39, 0.29) is 5.78 Å². The van der Waals surface area contributed by atoms with Crippen molar-refractivity contribution in [2.45, 2.75) is 0 Å². The van der Waals surface area contributed by atoms with Gasteiger partial charge in [0.2, 0.25) is 5.75 Å². The Morgan fingerprint density at radius 1 is 1.15 bits per heavy atom. The Balaban J connectivity index is 1.72. The van der Waals surface area contributed by atoms with Crippen molar-refractivity contribution in [3.63, 3.8) is 0 Å². The van der Waals surface area contributed by atoms with Crippen molar-refractivity contribution >= 4 is 17.8 Å². The summed E-state index contributed by atoms with van der Waals surface area (Å²) in [5, 5.41) is 8.59. The average Bonchev–Trinajstić information content (AvgIpc) is 2.70. The quantitative estimate of drug-likeness (QED) is 0.592. The van der Waals surface area contributed by atoms with Crippen molar-refractivity contribution in [3.8, 4) is 23.0 Å². The van der Waals surface area contributed by atoms with E-state index >= 15 is 0 Å². The molecule has 0 amide bonds. The molecule has 0 unspecified atom stereocenters. The highest BCUT2D eigenvalue weighted by Crippen LogP contribution is 2.40. The zero-order valence-electron chi connectivity index (χ0n) is 14.6. The number of methoxy groups -OCH3 is 1. The van der Waals surface area contributed by atoms with E-state index in [0.29, 0.717) is 41.8 Å². The number of hydrogen-bond donors (Lipinski definition) is 1. The number of fused-ring (bicyclic) bond motifs is 1. The van der Waals surface area contributed by atoms with Crippen molar-refractivity contribution in [2.24, 2.45) is 0 Å². The van der Waals surface area contributed by atoms with Crippen molar-refractivity contribution in [2.75, 3.05) is 26.9 Å². The number of aliphatic carboxylic acids is 1. The summed E-state index contributed by atoms with van der Waals surface area (Å²) in [4.78, 5) is 22.8. The van der Waals surface area contributed by atoms with Gasteiger partial charge in [-0.25, -0.2) is 4.79 Å². The van der Waals surface area contributed by atoms with Crippen LogP contribution >= 0.6 is 0 Å². The van der Waals surface area contributed by atoms with Gasteiger partial charge in [0.25, 0.3) is 0 Å². The number of ether oxygens (including phenoxy) is 4. The Kier molecular flexibility index (Phi) is 5.61. The van der Waals surface area contributed by atoms with Crippen LogP contribution in [0.4, 0.5) is 0 Å². The Morgan fingerprint density at radius 2 is 1.89 bits per heavy atom. The lowest BCUT2D eigenvalue weighted by Crippen LogP contribution is -2.16. The minimum Gasteiger partial charge on any atom is -0.493 e. The van der Waals surface area contributed by atoms with Crippen LogP contribution in [-0.4, -0.2) is 43.8 Å². The Morgan fingerprint density at radius 3 is 2.59 bits per heavy atom. The van der Waals surface area contributed by atoms with E-state index in [2.05, 4.69) is 0 Å². The number of carboxylic acid groups (broad SMARTS) is 1. The molecule has 140 valence electrons. The molecule has 3 rings (SSSR count). The van der Waals surface area contributed by atoms with E-state index in [0.717, 1.165) is 5.56 Å². The van der Waals surface area contributed by atoms with Gasteiger partial charge in [-0.1, -0.05) is 6.08 Å². The Labute approximate surface area is 155 Å². The third kappa shape index (κ3) is 4.58. The molecular weight excluding hydrogens is 352 g/mol. The molecule has 7 nitrogen and oxygen atoms in total. The highest BCUT2D eigenvalue weighted by molar-refractivity contribution is 6.06. The standard InChI is InChI=1S/C20H18O7/c1-24-17-10-13(11-18-20(17)26-9-8-25-18)2-7-16(21)14-3-5-15(6-4-14)27-12-19(22)23/h2-7,10-11H,8-9,12H2,1H3,(H,22,23)/b7-2+. The summed E-state index contributed by atoms with van der Waals surface area (Å²) in [7, 11) is 1.54. The van der Waals surface area contributed by atoms with Gasteiger partial charge in [-0.05, 0) is 48.0 Å². The fourth-order valence-corrected chi connectivity index (χ4v) is 2.52. The molecule has 1 aliphatic heterocycles. The smallest absolute Gasteiger partial charge is 0.341 e. The third-order valence-electron chi connectivity index (χ3n) is 3.78. The van der Waals surface area contributed by atoms with E-state index in [4.69, 9.17) is 24.1 Å². The van der Waals surface area contributed by atoms with E-state index in [1.165, 1.54) is 6.08 Å². The van der Waals surface area contributed by atoms with Gasteiger partial charge in [-0.15, -0.1) is 0 Å². The summed E-state index contributed by atoms with van der Waals surface area (Å²) in [5.41, 5.74) is 1.20. The zero-order chi connectivity index (χ0) is 19.2. The molecule has 1 aliphatic rings. The second-order valence-corrected chi connectivity index (χ2v) is 5.65. The molecule has 0 aromatic heterocycles. The van der Waals surface area contributed by atoms with Gasteiger partial charge in [-0.2, -0.15) is 0 Å². The molecule has 0 fully saturated rings. The summed E-state index contributed by atoms with van der Waals surface area (Å²) >= 11 is 0. The first-order valence-corrected chi connectivity index (χ1v) is 8.21. The topological polar surface area (TPSA) is 91.3 Å². The first kappa shape index (κ1) is 18.3. The zero-order valence-corrected chi connectivity index (χ0v) is 14.6. The number of carboxylic acids is 1. The van der Waals surface area contributed by atoms with E-state index in [9.17, 15) is 9.59 Å². The molecule has 7 heteroatoms. The highest BCUT2D eigenvalue weighted by Gasteiger charge is 2.17. The average molecular weight is 370 g/mol. The maximum absolute atomic E-state index is 12.3. The van der Waals surface area contributed by atoms with E-state index < -0.39 is 12.6 Å². The van der Waals surface area contributed by atoms with Crippen molar-refractivity contribution in [3.05, 3.63) is 53.6 Å². The number of hydrogen-bond acceptors (Lipinski definition) is 6. The molecule has 0 aliphatic carbocycles. The van der Waals surface area contributed by atoms with Gasteiger partial charge in [-0.3, -0.25) is 4.79 Å². The molecule has 2 aromatic rings. The number of carbonyl (C=O) groups excluding carboxylic acids is 1. The first-order chi connectivity index (χ1) is 13.1. The van der Waals surface area contributed by atoms with Crippen LogP contribution in [0, 0.1) is 0 Å². The number of rotatable bonds is 7. The van der Waals surface area contributed by atoms with Crippen molar-refractivity contribution < 1.29 is 33.6 Å². The maximum atomic E-state index is 12.3. The second-order valence-electron chi connectivity index (χ2n) is 5.65. The molecule has 1 heterocycles. The fraction of sp³-hybridized carbons (Fsp3) is 0.200. The normalized spacial score (nSPS) is 12.6. The van der Waals surface area contributed by atoms with Crippen LogP contribution in [0.5, 0.6) is 23.0 Å². The molecule has 0 radical (unpaired) electrons. The van der Waals surface area contributed by atoms with Crippen molar-refractivity contribution in [1.29, 1.82) is 0 Å². The van der Waals surface area contributed by atoms with Crippen LogP contribution in [-0.2, 0) is 4.79 Å². The molecule has 27 heavy (non-hydrogen) atoms. The summed E-state index contributed by atoms with van der Waals surface area (Å²) in [6.45, 7) is 0.487. The second kappa shape index (κ2) is 8.27. The Hall–Kier alpha value is -3.48. The van der Waals surface area contributed by atoms with Gasteiger partial charge < -0.3 is 24.1 Å². The summed E-state index contributed by atoms with van der Waals surface area (Å²) in [5.74, 6) is 0.798. The number of allylic oxidation sites excluding steroid dienone is 1. The lowest BCUT2D eigenvalue weighted by Gasteiger charge is -2.20. The minimum absolute atomic E-state index is 0.200. The lowest BCUT2D eigenvalue weighted by molar-refractivity contribution is -0.139. The Bertz CT molecular complexity index is 851. The first-order valence-electron chi connectivity index (χ1n) is 8.21. The molecular formula is C20H18O7. The number of carbonyl (C=O) groups is 2. The minimum atomic E-state index is -1.06. The SMILES string of the molecule is COc1cc(/C=C/C(=O)c2ccc(OCC(=O)O)cc2)cc2c1OCCO2. The van der Waals surface area contributed by atoms with Gasteiger partial charge in [0, 0.05) is 5.56 Å². The third-order valence-corrected chi connectivity index (χ3v) is 3.78. The van der Waals surface area contributed by atoms with Gasteiger partial charge >= 0.3 is 5.97 Å². The predicted octanol–water partition coefficient (Wildman–Crippen LogP) is 2.83. The number of ketones is 1. The highest BCUT2D eigenvalue weighted by atomic mass is 16.6. The molecule has 0 atom stereocenters.